The Balaban J connectivity index is 1.13. The van der Waals surface area contributed by atoms with E-state index >= 15 is 0 Å². The van der Waals surface area contributed by atoms with E-state index in [4.69, 9.17) is 4.42 Å². The zero-order valence-corrected chi connectivity index (χ0v) is 28.5. The number of carbonyl (C=O) groups is 4. The fourth-order valence-corrected chi connectivity index (χ4v) is 5.08. The van der Waals surface area contributed by atoms with Gasteiger partial charge in [-0.1, -0.05) is 60.7 Å². The molecule has 12 nitrogen and oxygen atoms in total. The van der Waals surface area contributed by atoms with E-state index in [1.807, 2.05) is 0 Å². The van der Waals surface area contributed by atoms with Crippen LogP contribution >= 0.6 is 0 Å². The van der Waals surface area contributed by atoms with Crippen molar-refractivity contribution in [3.63, 3.8) is 0 Å². The maximum absolute atomic E-state index is 12.7. The Kier molecular flexibility index (Phi) is 10.8. The number of aromatic nitrogens is 1. The van der Waals surface area contributed by atoms with Crippen molar-refractivity contribution in [1.82, 2.24) is 15.6 Å². The molecule has 51 heavy (non-hydrogen) atoms. The summed E-state index contributed by atoms with van der Waals surface area (Å²) in [5.41, 5.74) is -0.337. The van der Waals surface area contributed by atoms with Gasteiger partial charge in [-0.15, -0.1) is 0 Å². The van der Waals surface area contributed by atoms with Crippen molar-refractivity contribution in [2.45, 2.75) is 51.0 Å². The number of carbonyl (C=O) groups excluding carboxylic acids is 4. The lowest BCUT2D eigenvalue weighted by Gasteiger charge is -2.23. The van der Waals surface area contributed by atoms with Gasteiger partial charge in [0.15, 0.2) is 17.0 Å². The summed E-state index contributed by atoms with van der Waals surface area (Å²) in [6.45, 7) is 5.87. The minimum Gasteiger partial charge on any atom is -0.436 e. The average Bonchev–Trinajstić information content (AvgIpc) is 3.63. The smallest absolute Gasteiger partial charge is 0.262 e. The molecule has 1 aromatic heterocycles. The molecule has 0 saturated carbocycles. The van der Waals surface area contributed by atoms with Gasteiger partial charge in [0.25, 0.3) is 11.8 Å². The van der Waals surface area contributed by atoms with E-state index in [1.54, 1.807) is 129 Å². The quantitative estimate of drug-likeness (QED) is 0.107. The number of oxazole rings is 1. The van der Waals surface area contributed by atoms with Crippen molar-refractivity contribution in [1.29, 1.82) is 0 Å². The minimum absolute atomic E-state index is 0.369. The molecule has 0 spiro atoms. The Morgan fingerprint density at radius 3 is 1.41 bits per heavy atom. The molecule has 0 fully saturated rings. The van der Waals surface area contributed by atoms with Gasteiger partial charge in [0.2, 0.25) is 17.7 Å². The number of hydrogen-bond acceptors (Lipinski definition) is 10. The largest absolute Gasteiger partial charge is 0.436 e. The van der Waals surface area contributed by atoms with Crippen LogP contribution in [0.3, 0.4) is 0 Å². The lowest BCUT2D eigenvalue weighted by atomic mass is 9.95. The van der Waals surface area contributed by atoms with Gasteiger partial charge in [0.05, 0.1) is 6.20 Å². The van der Waals surface area contributed by atoms with E-state index in [9.17, 15) is 29.4 Å². The maximum atomic E-state index is 12.7. The van der Waals surface area contributed by atoms with Gasteiger partial charge in [-0.05, 0) is 87.4 Å². The van der Waals surface area contributed by atoms with E-state index in [2.05, 4.69) is 26.3 Å². The summed E-state index contributed by atoms with van der Waals surface area (Å²) in [5.74, 6) is -1.95. The summed E-state index contributed by atoms with van der Waals surface area (Å²) in [6, 6.07) is 29.4. The molecule has 6 N–H and O–H groups in total. The third-order valence-electron chi connectivity index (χ3n) is 8.39. The summed E-state index contributed by atoms with van der Waals surface area (Å²) in [4.78, 5) is 55.1. The number of hydrogen-bond donors (Lipinski definition) is 6. The van der Waals surface area contributed by atoms with Crippen LogP contribution in [0.15, 0.2) is 120 Å². The van der Waals surface area contributed by atoms with Crippen LogP contribution in [-0.2, 0) is 30.4 Å². The zero-order valence-electron chi connectivity index (χ0n) is 28.5. The number of benzene rings is 4. The standard InChI is InChI=1S/C39H39N5O7/c1-24(33(45)43-36(47)38(3,49)28-11-7-5-8-12-28)41-30-19-15-26(16-20-30)32-23-40-35(51-32)27-17-21-31(22-18-27)42-25(2)34(46)44-37(48)39(4,50)29-13-9-6-10-14-29/h5-25,41-42,49-50H,1-4H3,(H,43,45,47)(H,44,46,48)/t24-,25-,38-,39-/m0/s1. The highest BCUT2D eigenvalue weighted by Crippen LogP contribution is 2.28. The summed E-state index contributed by atoms with van der Waals surface area (Å²) >= 11 is 0. The first-order valence-electron chi connectivity index (χ1n) is 16.2. The van der Waals surface area contributed by atoms with Crippen molar-refractivity contribution in [3.05, 3.63) is 127 Å². The Bertz CT molecular complexity index is 1850. The van der Waals surface area contributed by atoms with E-state index in [0.717, 1.165) is 5.56 Å². The lowest BCUT2D eigenvalue weighted by Crippen LogP contribution is -2.49. The van der Waals surface area contributed by atoms with Gasteiger partial charge in [-0.25, -0.2) is 4.98 Å². The molecule has 12 heteroatoms. The number of amides is 4. The van der Waals surface area contributed by atoms with Crippen molar-refractivity contribution < 1.29 is 33.8 Å². The number of aliphatic hydroxyl groups is 2. The van der Waals surface area contributed by atoms with Crippen LogP contribution < -0.4 is 21.3 Å². The molecule has 1 heterocycles. The Hall–Kier alpha value is -6.11. The zero-order chi connectivity index (χ0) is 36.8. The molecule has 4 amide bonds. The molecule has 0 aliphatic heterocycles. The van der Waals surface area contributed by atoms with Crippen LogP contribution in [0.1, 0.15) is 38.8 Å². The Morgan fingerprint density at radius 1 is 0.608 bits per heavy atom. The molecule has 5 rings (SSSR count). The summed E-state index contributed by atoms with van der Waals surface area (Å²) in [7, 11) is 0. The fourth-order valence-electron chi connectivity index (χ4n) is 5.08. The molecule has 0 aliphatic carbocycles. The average molecular weight is 690 g/mol. The summed E-state index contributed by atoms with van der Waals surface area (Å²) < 4.78 is 6.00. The van der Waals surface area contributed by atoms with E-state index in [0.29, 0.717) is 39.7 Å². The SMILES string of the molecule is C[C@H](Nc1ccc(-c2cnc(-c3ccc(N[C@@H](C)C(=O)NC(=O)[C@@](C)(O)c4ccccc4)cc3)o2)cc1)C(=O)NC(=O)[C@@](C)(O)c1ccccc1. The number of nitrogens with one attached hydrogen (secondary N) is 4. The highest BCUT2D eigenvalue weighted by atomic mass is 16.4. The van der Waals surface area contributed by atoms with E-state index in [-0.39, 0.29) is 0 Å². The van der Waals surface area contributed by atoms with Gasteiger partial charge in [0, 0.05) is 22.5 Å². The highest BCUT2D eigenvalue weighted by Gasteiger charge is 2.35. The Labute approximate surface area is 294 Å². The number of anilines is 2. The van der Waals surface area contributed by atoms with Crippen molar-refractivity contribution in [2.75, 3.05) is 10.6 Å². The second-order valence-electron chi connectivity index (χ2n) is 12.4. The second kappa shape index (κ2) is 15.2. The predicted octanol–water partition coefficient (Wildman–Crippen LogP) is 4.71. The minimum atomic E-state index is -1.88. The fraction of sp³-hybridized carbons (Fsp3) is 0.205. The predicted molar refractivity (Wildman–Crippen MR) is 192 cm³/mol. The molecule has 0 unspecified atom stereocenters. The van der Waals surface area contributed by atoms with E-state index < -0.39 is 46.9 Å². The van der Waals surface area contributed by atoms with Gasteiger partial charge in [0.1, 0.15) is 12.1 Å². The third kappa shape index (κ3) is 8.55. The second-order valence-corrected chi connectivity index (χ2v) is 12.4. The molecule has 0 radical (unpaired) electrons. The van der Waals surface area contributed by atoms with Crippen LogP contribution in [0.25, 0.3) is 22.8 Å². The first kappa shape index (κ1) is 36.2. The van der Waals surface area contributed by atoms with Crippen molar-refractivity contribution >= 4 is 35.0 Å². The van der Waals surface area contributed by atoms with Crippen LogP contribution in [0, 0.1) is 0 Å². The number of nitrogens with zero attached hydrogens (tertiary/aromatic N) is 1. The van der Waals surface area contributed by atoms with Crippen LogP contribution in [0.5, 0.6) is 0 Å². The Morgan fingerprint density at radius 2 is 1.00 bits per heavy atom. The highest BCUT2D eigenvalue weighted by molar-refractivity contribution is 6.03. The molecule has 0 aliphatic rings. The van der Waals surface area contributed by atoms with Crippen molar-refractivity contribution in [3.8, 4) is 22.8 Å². The molecule has 5 aromatic rings. The molecular formula is C39H39N5O7. The molecule has 0 bridgehead atoms. The number of imide groups is 2. The summed E-state index contributed by atoms with van der Waals surface area (Å²) in [6.07, 6.45) is 1.60. The van der Waals surface area contributed by atoms with Crippen LogP contribution in [0.2, 0.25) is 0 Å². The third-order valence-corrected chi connectivity index (χ3v) is 8.39. The number of rotatable bonds is 12. The first-order chi connectivity index (χ1) is 24.3. The monoisotopic (exact) mass is 689 g/mol. The molecule has 4 atom stereocenters. The molecule has 4 aromatic carbocycles. The van der Waals surface area contributed by atoms with Crippen molar-refractivity contribution in [2.24, 2.45) is 0 Å². The topological polar surface area (TPSA) is 183 Å². The molecular weight excluding hydrogens is 650 g/mol. The summed E-state index contributed by atoms with van der Waals surface area (Å²) in [5, 5.41) is 32.0. The van der Waals surface area contributed by atoms with Crippen LogP contribution in [-0.4, -0.2) is 50.9 Å². The van der Waals surface area contributed by atoms with Gasteiger partial charge < -0.3 is 25.3 Å². The lowest BCUT2D eigenvalue weighted by molar-refractivity contribution is -0.144. The molecule has 262 valence electrons. The maximum Gasteiger partial charge on any atom is 0.262 e. The molecule has 0 saturated heterocycles. The van der Waals surface area contributed by atoms with E-state index in [1.165, 1.54) is 13.8 Å². The first-order valence-corrected chi connectivity index (χ1v) is 16.2. The van der Waals surface area contributed by atoms with Crippen LogP contribution in [0.4, 0.5) is 11.4 Å². The van der Waals surface area contributed by atoms with Gasteiger partial charge in [-0.3, -0.25) is 29.8 Å². The normalized spacial score (nSPS) is 14.5. The van der Waals surface area contributed by atoms with Gasteiger partial charge >= 0.3 is 0 Å². The van der Waals surface area contributed by atoms with Gasteiger partial charge in [-0.2, -0.15) is 0 Å².